The predicted octanol–water partition coefficient (Wildman–Crippen LogP) is 5.93. The van der Waals surface area contributed by atoms with Crippen LogP contribution >= 0.6 is 7.60 Å². The third-order valence-electron chi connectivity index (χ3n) is 3.93. The minimum Gasteiger partial charge on any atom is -0.416 e. The number of hydrogen-bond donors (Lipinski definition) is 1. The van der Waals surface area contributed by atoms with Crippen LogP contribution in [0.4, 0.5) is 0 Å². The lowest BCUT2D eigenvalue weighted by molar-refractivity contribution is 0.320. The second kappa shape index (κ2) is 9.06. The minimum atomic E-state index is -3.73. The van der Waals surface area contributed by atoms with Crippen LogP contribution in [0.1, 0.15) is 17.6 Å². The lowest BCUT2D eigenvalue weighted by Crippen LogP contribution is -2.11. The largest absolute Gasteiger partial charge is 0.438 e. The van der Waals surface area contributed by atoms with Gasteiger partial charge in [0.25, 0.3) is 0 Å². The molecule has 0 heterocycles. The summed E-state index contributed by atoms with van der Waals surface area (Å²) >= 11 is 0. The van der Waals surface area contributed by atoms with Gasteiger partial charge >= 0.3 is 7.60 Å². The molecule has 1 atom stereocenters. The summed E-state index contributed by atoms with van der Waals surface area (Å²) in [6, 6.07) is 27.1. The zero-order valence-corrected chi connectivity index (χ0v) is 15.5. The Kier molecular flexibility index (Phi) is 6.29. The molecule has 0 amide bonds. The van der Waals surface area contributed by atoms with Gasteiger partial charge in [0.05, 0.1) is 0 Å². The fraction of sp³-hybridized carbons (Fsp3) is 0.0952. The molecule has 27 heavy (non-hydrogen) atoms. The molecule has 138 valence electrons. The van der Waals surface area contributed by atoms with Gasteiger partial charge in [-0.25, -0.2) is 4.57 Å². The Morgan fingerprint density at radius 2 is 1.26 bits per heavy atom. The molecular weight excluding hydrogens is 361 g/mol. The molecule has 1 N–H and O–H groups in total. The first-order valence-corrected chi connectivity index (χ1v) is 10.1. The van der Waals surface area contributed by atoms with Gasteiger partial charge in [-0.3, -0.25) is 0 Å². The van der Waals surface area contributed by atoms with E-state index in [2.05, 4.69) is 5.16 Å². The van der Waals surface area contributed by atoms with Crippen LogP contribution in [0.25, 0.3) is 0 Å². The standard InChI is InChI=1S/C21H20NO4P/c23-22-17-16-21(18-10-4-1-5-11-18)27(24,25-19-12-6-2-7-13-19)26-20-14-8-3-9-15-20/h1-15,17,21,23H,16H2. The Balaban J connectivity index is 2.03. The Morgan fingerprint density at radius 3 is 1.70 bits per heavy atom. The summed E-state index contributed by atoms with van der Waals surface area (Å²) in [5, 5.41) is 12.0. The first kappa shape index (κ1) is 18.7. The highest BCUT2D eigenvalue weighted by Crippen LogP contribution is 2.61. The van der Waals surface area contributed by atoms with Gasteiger partial charge in [-0.1, -0.05) is 66.7 Å². The Hall–Kier alpha value is -3.04. The Bertz CT molecular complexity index is 856. The van der Waals surface area contributed by atoms with Crippen LogP contribution in [-0.2, 0) is 4.57 Å². The summed E-state index contributed by atoms with van der Waals surface area (Å²) in [4.78, 5) is 0. The van der Waals surface area contributed by atoms with E-state index in [-0.39, 0.29) is 6.42 Å². The molecule has 6 heteroatoms. The van der Waals surface area contributed by atoms with E-state index in [1.165, 1.54) is 6.21 Å². The van der Waals surface area contributed by atoms with Crippen molar-refractivity contribution in [3.63, 3.8) is 0 Å². The normalized spacial score (nSPS) is 12.6. The van der Waals surface area contributed by atoms with Gasteiger partial charge in [0.15, 0.2) is 0 Å². The molecule has 0 fully saturated rings. The summed E-state index contributed by atoms with van der Waals surface area (Å²) in [7, 11) is -3.73. The third kappa shape index (κ3) is 4.99. The molecule has 0 saturated heterocycles. The molecule has 5 nitrogen and oxygen atoms in total. The fourth-order valence-corrected chi connectivity index (χ4v) is 4.68. The van der Waals surface area contributed by atoms with Crippen LogP contribution in [-0.4, -0.2) is 11.4 Å². The number of hydrogen-bond acceptors (Lipinski definition) is 5. The van der Waals surface area contributed by atoms with Crippen molar-refractivity contribution >= 4 is 13.8 Å². The van der Waals surface area contributed by atoms with Crippen molar-refractivity contribution in [1.82, 2.24) is 0 Å². The molecule has 0 aliphatic rings. The average Bonchev–Trinajstić information content (AvgIpc) is 2.70. The van der Waals surface area contributed by atoms with Crippen molar-refractivity contribution in [2.45, 2.75) is 12.1 Å². The number of rotatable bonds is 8. The lowest BCUT2D eigenvalue weighted by atomic mass is 10.1. The zero-order chi connectivity index (χ0) is 19.0. The number of oxime groups is 1. The molecule has 3 aromatic rings. The average molecular weight is 381 g/mol. The van der Waals surface area contributed by atoms with Crippen LogP contribution in [0.3, 0.4) is 0 Å². The van der Waals surface area contributed by atoms with E-state index in [1.807, 2.05) is 42.5 Å². The van der Waals surface area contributed by atoms with Gasteiger partial charge < -0.3 is 14.3 Å². The molecule has 3 aromatic carbocycles. The van der Waals surface area contributed by atoms with Gasteiger partial charge in [0.2, 0.25) is 0 Å². The highest BCUT2D eigenvalue weighted by atomic mass is 31.2. The molecule has 1 unspecified atom stereocenters. The van der Waals surface area contributed by atoms with Gasteiger partial charge in [0, 0.05) is 12.6 Å². The minimum absolute atomic E-state index is 0.192. The van der Waals surface area contributed by atoms with Crippen molar-refractivity contribution in [1.29, 1.82) is 0 Å². The maximum absolute atomic E-state index is 14.0. The second-order valence-corrected chi connectivity index (χ2v) is 7.88. The number of para-hydroxylation sites is 2. The monoisotopic (exact) mass is 381 g/mol. The van der Waals surface area contributed by atoms with Crippen molar-refractivity contribution in [3.8, 4) is 11.5 Å². The van der Waals surface area contributed by atoms with E-state index in [4.69, 9.17) is 14.3 Å². The molecule has 3 rings (SSSR count). The summed E-state index contributed by atoms with van der Waals surface area (Å²) in [6.07, 6.45) is 1.49. The third-order valence-corrected chi connectivity index (χ3v) is 6.13. The quantitative estimate of drug-likeness (QED) is 0.227. The van der Waals surface area contributed by atoms with Gasteiger partial charge in [-0.15, -0.1) is 5.16 Å². The van der Waals surface area contributed by atoms with Crippen molar-refractivity contribution in [2.24, 2.45) is 5.16 Å². The number of benzene rings is 3. The summed E-state index contributed by atoms with van der Waals surface area (Å²) in [5.41, 5.74) is 0.127. The molecule has 0 radical (unpaired) electrons. The first-order valence-electron chi connectivity index (χ1n) is 8.51. The Labute approximate surface area is 158 Å². The highest BCUT2D eigenvalue weighted by Gasteiger charge is 2.40. The summed E-state index contributed by atoms with van der Waals surface area (Å²) in [5.74, 6) is 0.886. The topological polar surface area (TPSA) is 68.1 Å². The highest BCUT2D eigenvalue weighted by molar-refractivity contribution is 7.55. The first-order chi connectivity index (χ1) is 13.2. The lowest BCUT2D eigenvalue weighted by Gasteiger charge is -2.27. The fourth-order valence-electron chi connectivity index (χ4n) is 2.67. The zero-order valence-electron chi connectivity index (χ0n) is 14.6. The van der Waals surface area contributed by atoms with E-state index >= 15 is 0 Å². The molecule has 0 aliphatic carbocycles. The molecule has 0 aromatic heterocycles. The second-order valence-electron chi connectivity index (χ2n) is 5.81. The van der Waals surface area contributed by atoms with Crippen molar-refractivity contribution in [2.75, 3.05) is 0 Å². The molecule has 0 saturated carbocycles. The summed E-state index contributed by atoms with van der Waals surface area (Å²) in [6.45, 7) is 0. The van der Waals surface area contributed by atoms with Gasteiger partial charge in [0.1, 0.15) is 17.2 Å². The predicted molar refractivity (Wildman–Crippen MR) is 106 cm³/mol. The Morgan fingerprint density at radius 1 is 0.815 bits per heavy atom. The van der Waals surface area contributed by atoms with Crippen LogP contribution in [0, 0.1) is 0 Å². The van der Waals surface area contributed by atoms with Crippen LogP contribution < -0.4 is 9.05 Å². The van der Waals surface area contributed by atoms with Gasteiger partial charge in [-0.2, -0.15) is 0 Å². The van der Waals surface area contributed by atoms with Crippen LogP contribution in [0.2, 0.25) is 0 Å². The van der Waals surface area contributed by atoms with Crippen LogP contribution in [0.5, 0.6) is 11.5 Å². The van der Waals surface area contributed by atoms with Crippen molar-refractivity contribution < 1.29 is 18.8 Å². The molecule has 0 spiro atoms. The number of nitrogens with zero attached hydrogens (tertiary/aromatic N) is 1. The van der Waals surface area contributed by atoms with E-state index in [0.29, 0.717) is 11.5 Å². The summed E-state index contributed by atoms with van der Waals surface area (Å²) < 4.78 is 25.8. The molecule has 0 aliphatic heterocycles. The molecular formula is C21H20NO4P. The van der Waals surface area contributed by atoms with E-state index < -0.39 is 13.3 Å². The smallest absolute Gasteiger partial charge is 0.416 e. The maximum Gasteiger partial charge on any atom is 0.438 e. The van der Waals surface area contributed by atoms with Crippen molar-refractivity contribution in [3.05, 3.63) is 96.6 Å². The van der Waals surface area contributed by atoms with E-state index in [1.54, 1.807) is 48.5 Å². The van der Waals surface area contributed by atoms with Crippen LogP contribution in [0.15, 0.2) is 96.2 Å². The van der Waals surface area contributed by atoms with E-state index in [9.17, 15) is 4.57 Å². The van der Waals surface area contributed by atoms with Gasteiger partial charge in [-0.05, 0) is 29.8 Å². The maximum atomic E-state index is 14.0. The van der Waals surface area contributed by atoms with E-state index in [0.717, 1.165) is 5.56 Å². The SMILES string of the molecule is O=P(Oc1ccccc1)(Oc1ccccc1)C(CC=NO)c1ccccc1. The molecule has 0 bridgehead atoms.